The van der Waals surface area contributed by atoms with Gasteiger partial charge in [0, 0.05) is 6.04 Å². The van der Waals surface area contributed by atoms with Crippen LogP contribution in [0.1, 0.15) is 39.5 Å². The molecule has 1 N–H and O–H groups in total. The summed E-state index contributed by atoms with van der Waals surface area (Å²) in [7, 11) is 0. The minimum atomic E-state index is -0.276. The van der Waals surface area contributed by atoms with E-state index in [1.54, 1.807) is 4.90 Å². The molecular formula is C12H20N2O2. The topological polar surface area (TPSA) is 49.4 Å². The lowest BCUT2D eigenvalue weighted by Gasteiger charge is -2.44. The molecule has 0 aromatic rings. The molecule has 0 spiro atoms. The van der Waals surface area contributed by atoms with Crippen LogP contribution in [-0.2, 0) is 9.59 Å². The van der Waals surface area contributed by atoms with Crippen LogP contribution in [0, 0.1) is 5.92 Å². The van der Waals surface area contributed by atoms with Crippen LogP contribution in [0.15, 0.2) is 0 Å². The molecule has 0 radical (unpaired) electrons. The van der Waals surface area contributed by atoms with Crippen LogP contribution >= 0.6 is 0 Å². The molecule has 90 valence electrons. The van der Waals surface area contributed by atoms with Gasteiger partial charge in [-0.15, -0.1) is 0 Å². The highest BCUT2D eigenvalue weighted by atomic mass is 16.2. The van der Waals surface area contributed by atoms with Crippen molar-refractivity contribution in [1.82, 2.24) is 10.2 Å². The molecule has 4 nitrogen and oxygen atoms in total. The normalized spacial score (nSPS) is 34.6. The number of hydrogen-bond donors (Lipinski definition) is 1. The monoisotopic (exact) mass is 224 g/mol. The summed E-state index contributed by atoms with van der Waals surface area (Å²) in [5.41, 5.74) is 0. The zero-order chi connectivity index (χ0) is 11.7. The lowest BCUT2D eigenvalue weighted by atomic mass is 9.80. The molecule has 0 aromatic carbocycles. The SMILES string of the molecule is CCCC1NC(=O)CN(C2CC(C)C2)C1=O. The highest BCUT2D eigenvalue weighted by Gasteiger charge is 2.40. The zero-order valence-corrected chi connectivity index (χ0v) is 10.0. The number of nitrogens with zero attached hydrogens (tertiary/aromatic N) is 1. The first-order chi connectivity index (χ1) is 7.61. The van der Waals surface area contributed by atoms with Crippen molar-refractivity contribution in [3.63, 3.8) is 0 Å². The van der Waals surface area contributed by atoms with E-state index in [1.807, 2.05) is 6.92 Å². The Labute approximate surface area is 96.4 Å². The molecule has 1 saturated heterocycles. The van der Waals surface area contributed by atoms with E-state index in [9.17, 15) is 9.59 Å². The molecular weight excluding hydrogens is 204 g/mol. The van der Waals surface area contributed by atoms with Crippen molar-refractivity contribution in [1.29, 1.82) is 0 Å². The molecule has 0 aromatic heterocycles. The molecule has 2 rings (SSSR count). The summed E-state index contributed by atoms with van der Waals surface area (Å²) < 4.78 is 0. The molecule has 1 atom stereocenters. The quantitative estimate of drug-likeness (QED) is 0.774. The zero-order valence-electron chi connectivity index (χ0n) is 10.0. The Bertz CT molecular complexity index is 297. The number of nitrogens with one attached hydrogen (secondary N) is 1. The van der Waals surface area contributed by atoms with Gasteiger partial charge in [-0.3, -0.25) is 9.59 Å². The number of carbonyl (C=O) groups is 2. The van der Waals surface area contributed by atoms with E-state index in [-0.39, 0.29) is 24.4 Å². The first kappa shape index (κ1) is 11.4. The molecule has 2 fully saturated rings. The van der Waals surface area contributed by atoms with E-state index in [1.165, 1.54) is 0 Å². The van der Waals surface area contributed by atoms with E-state index in [0.717, 1.165) is 25.7 Å². The third-order valence-electron chi connectivity index (χ3n) is 3.60. The van der Waals surface area contributed by atoms with Crippen molar-refractivity contribution < 1.29 is 9.59 Å². The average molecular weight is 224 g/mol. The van der Waals surface area contributed by atoms with Crippen LogP contribution in [0.4, 0.5) is 0 Å². The molecule has 16 heavy (non-hydrogen) atoms. The van der Waals surface area contributed by atoms with Gasteiger partial charge in [-0.05, 0) is 25.2 Å². The Morgan fingerprint density at radius 1 is 1.38 bits per heavy atom. The number of carbonyl (C=O) groups excluding carboxylic acids is 2. The van der Waals surface area contributed by atoms with Gasteiger partial charge in [0.05, 0.1) is 6.54 Å². The molecule has 1 saturated carbocycles. The summed E-state index contributed by atoms with van der Waals surface area (Å²) in [4.78, 5) is 25.4. The summed E-state index contributed by atoms with van der Waals surface area (Å²) in [6, 6.07) is 0.0371. The fourth-order valence-electron chi connectivity index (χ4n) is 2.64. The maximum Gasteiger partial charge on any atom is 0.245 e. The lowest BCUT2D eigenvalue weighted by Crippen LogP contribution is -2.62. The van der Waals surface area contributed by atoms with Crippen LogP contribution in [0.5, 0.6) is 0 Å². The Morgan fingerprint density at radius 2 is 2.06 bits per heavy atom. The molecule has 2 aliphatic rings. The maximum atomic E-state index is 12.1. The summed E-state index contributed by atoms with van der Waals surface area (Å²) in [5, 5.41) is 2.78. The molecule has 1 heterocycles. The maximum absolute atomic E-state index is 12.1. The summed E-state index contributed by atoms with van der Waals surface area (Å²) >= 11 is 0. The number of hydrogen-bond acceptors (Lipinski definition) is 2. The third-order valence-corrected chi connectivity index (χ3v) is 3.60. The van der Waals surface area contributed by atoms with Crippen LogP contribution < -0.4 is 5.32 Å². The standard InChI is InChI=1S/C12H20N2O2/c1-3-4-10-12(16)14(7-11(15)13-10)9-5-8(2)6-9/h8-10H,3-7H2,1-2H3,(H,13,15). The minimum absolute atomic E-state index is 0.00222. The molecule has 4 heteroatoms. The van der Waals surface area contributed by atoms with Gasteiger partial charge in [0.1, 0.15) is 6.04 Å². The predicted octanol–water partition coefficient (Wildman–Crippen LogP) is 0.912. The Hall–Kier alpha value is -1.06. The Morgan fingerprint density at radius 3 is 2.62 bits per heavy atom. The van der Waals surface area contributed by atoms with E-state index in [2.05, 4.69) is 12.2 Å². The van der Waals surface area contributed by atoms with E-state index in [0.29, 0.717) is 12.0 Å². The van der Waals surface area contributed by atoms with Crippen molar-refractivity contribution in [3.05, 3.63) is 0 Å². The molecule has 2 amide bonds. The smallest absolute Gasteiger partial charge is 0.245 e. The summed E-state index contributed by atoms with van der Waals surface area (Å²) in [6.45, 7) is 4.48. The van der Waals surface area contributed by atoms with Gasteiger partial charge in [-0.25, -0.2) is 0 Å². The fraction of sp³-hybridized carbons (Fsp3) is 0.833. The second-order valence-corrected chi connectivity index (χ2v) is 5.11. The van der Waals surface area contributed by atoms with Crippen molar-refractivity contribution in [2.24, 2.45) is 5.92 Å². The van der Waals surface area contributed by atoms with E-state index < -0.39 is 0 Å². The Kier molecular flexibility index (Phi) is 3.17. The van der Waals surface area contributed by atoms with Gasteiger partial charge in [0.25, 0.3) is 0 Å². The summed E-state index contributed by atoms with van der Waals surface area (Å²) in [6.07, 6.45) is 3.78. The van der Waals surface area contributed by atoms with Gasteiger partial charge in [0.15, 0.2) is 0 Å². The highest BCUT2D eigenvalue weighted by molar-refractivity contribution is 5.95. The van der Waals surface area contributed by atoms with E-state index in [4.69, 9.17) is 0 Å². The van der Waals surface area contributed by atoms with Crippen molar-refractivity contribution in [2.45, 2.75) is 51.6 Å². The van der Waals surface area contributed by atoms with Crippen LogP contribution in [-0.4, -0.2) is 35.3 Å². The molecule has 1 aliphatic heterocycles. The van der Waals surface area contributed by atoms with Crippen molar-refractivity contribution >= 4 is 11.8 Å². The lowest BCUT2D eigenvalue weighted by molar-refractivity contribution is -0.149. The predicted molar refractivity (Wildman–Crippen MR) is 60.7 cm³/mol. The second-order valence-electron chi connectivity index (χ2n) is 5.11. The first-order valence-electron chi connectivity index (χ1n) is 6.21. The van der Waals surface area contributed by atoms with E-state index >= 15 is 0 Å². The van der Waals surface area contributed by atoms with Gasteiger partial charge < -0.3 is 10.2 Å². The van der Waals surface area contributed by atoms with Gasteiger partial charge >= 0.3 is 0 Å². The first-order valence-corrected chi connectivity index (χ1v) is 6.21. The highest BCUT2D eigenvalue weighted by Crippen LogP contribution is 2.32. The minimum Gasteiger partial charge on any atom is -0.343 e. The third kappa shape index (κ3) is 2.06. The molecule has 0 bridgehead atoms. The second kappa shape index (κ2) is 4.44. The number of amides is 2. The summed E-state index contributed by atoms with van der Waals surface area (Å²) in [5.74, 6) is 0.823. The average Bonchev–Trinajstić information content (AvgIpc) is 2.19. The molecule has 1 unspecified atom stereocenters. The van der Waals surface area contributed by atoms with Gasteiger partial charge in [0.2, 0.25) is 11.8 Å². The van der Waals surface area contributed by atoms with Gasteiger partial charge in [-0.1, -0.05) is 20.3 Å². The fourth-order valence-corrected chi connectivity index (χ4v) is 2.64. The number of piperazine rings is 1. The van der Waals surface area contributed by atoms with Crippen molar-refractivity contribution in [2.75, 3.05) is 6.54 Å². The Balaban J connectivity index is 2.01. The largest absolute Gasteiger partial charge is 0.343 e. The number of rotatable bonds is 3. The van der Waals surface area contributed by atoms with Crippen LogP contribution in [0.2, 0.25) is 0 Å². The van der Waals surface area contributed by atoms with Crippen LogP contribution in [0.3, 0.4) is 0 Å². The molecule has 1 aliphatic carbocycles. The van der Waals surface area contributed by atoms with Crippen molar-refractivity contribution in [3.8, 4) is 0 Å². The van der Waals surface area contributed by atoms with Crippen LogP contribution in [0.25, 0.3) is 0 Å². The van der Waals surface area contributed by atoms with Gasteiger partial charge in [-0.2, -0.15) is 0 Å².